The van der Waals surface area contributed by atoms with E-state index in [0.717, 1.165) is 11.1 Å². The van der Waals surface area contributed by atoms with Crippen LogP contribution in [-0.2, 0) is 5.41 Å². The Morgan fingerprint density at radius 2 is 1.62 bits per heavy atom. The Kier molecular flexibility index (Phi) is 3.27. The van der Waals surface area contributed by atoms with Gasteiger partial charge in [-0.3, -0.25) is 0 Å². The Morgan fingerprint density at radius 1 is 1.19 bits per heavy atom. The molecular weight excluding hydrogens is 202 g/mol. The smallest absolute Gasteiger partial charge is 0.409 e. The molecule has 3 heteroatoms. The zero-order chi connectivity index (χ0) is 12.5. The van der Waals surface area contributed by atoms with E-state index in [4.69, 9.17) is 10.5 Å². The summed E-state index contributed by atoms with van der Waals surface area (Å²) in [6.07, 6.45) is -0.769. The van der Waals surface area contributed by atoms with Crippen LogP contribution in [0.15, 0.2) is 12.1 Å². The molecule has 0 heterocycles. The third kappa shape index (κ3) is 2.75. The van der Waals surface area contributed by atoms with Gasteiger partial charge in [0.15, 0.2) is 0 Å². The van der Waals surface area contributed by atoms with Crippen LogP contribution in [-0.4, -0.2) is 6.09 Å². The second-order valence-corrected chi connectivity index (χ2v) is 5.11. The van der Waals surface area contributed by atoms with Crippen molar-refractivity contribution in [1.82, 2.24) is 0 Å². The summed E-state index contributed by atoms with van der Waals surface area (Å²) in [6.45, 7) is 10.3. The fourth-order valence-electron chi connectivity index (χ4n) is 1.64. The Hall–Kier alpha value is -1.51. The first-order chi connectivity index (χ1) is 7.21. The number of primary amides is 1. The van der Waals surface area contributed by atoms with E-state index in [2.05, 4.69) is 20.8 Å². The van der Waals surface area contributed by atoms with E-state index in [0.29, 0.717) is 5.75 Å². The minimum absolute atomic E-state index is 0.0841. The van der Waals surface area contributed by atoms with Crippen molar-refractivity contribution in [2.75, 3.05) is 0 Å². The second kappa shape index (κ2) is 4.16. The molecule has 0 fully saturated rings. The number of nitrogens with two attached hydrogens (primary N) is 1. The Bertz CT molecular complexity index is 393. The topological polar surface area (TPSA) is 52.3 Å². The summed E-state index contributed by atoms with van der Waals surface area (Å²) in [6, 6.07) is 4.07. The molecule has 0 saturated heterocycles. The molecule has 0 aliphatic heterocycles. The van der Waals surface area contributed by atoms with E-state index in [-0.39, 0.29) is 5.41 Å². The van der Waals surface area contributed by atoms with Gasteiger partial charge in [-0.05, 0) is 36.0 Å². The number of carbonyl (C=O) groups excluding carboxylic acids is 1. The molecule has 0 bridgehead atoms. The number of carbonyl (C=O) groups is 1. The van der Waals surface area contributed by atoms with Crippen LogP contribution in [0.3, 0.4) is 0 Å². The standard InChI is InChI=1S/C13H19NO2/c1-8-6-10(13(3,4)5)7-9(2)11(8)16-12(14)15/h6-7H,1-5H3,(H2,14,15). The molecule has 16 heavy (non-hydrogen) atoms. The fourth-order valence-corrected chi connectivity index (χ4v) is 1.64. The predicted molar refractivity (Wildman–Crippen MR) is 64.8 cm³/mol. The zero-order valence-electron chi connectivity index (χ0n) is 10.5. The molecule has 2 N–H and O–H groups in total. The minimum atomic E-state index is -0.769. The van der Waals surface area contributed by atoms with Gasteiger partial charge in [0.05, 0.1) is 0 Å². The van der Waals surface area contributed by atoms with E-state index < -0.39 is 6.09 Å². The van der Waals surface area contributed by atoms with Gasteiger partial charge in [0.25, 0.3) is 0 Å². The molecule has 1 aromatic carbocycles. The molecule has 1 amide bonds. The van der Waals surface area contributed by atoms with Gasteiger partial charge in [0, 0.05) is 0 Å². The summed E-state index contributed by atoms with van der Waals surface area (Å²) < 4.78 is 4.98. The van der Waals surface area contributed by atoms with Crippen molar-refractivity contribution >= 4 is 6.09 Å². The van der Waals surface area contributed by atoms with Crippen LogP contribution in [0.1, 0.15) is 37.5 Å². The van der Waals surface area contributed by atoms with Gasteiger partial charge in [-0.1, -0.05) is 32.9 Å². The summed E-state index contributed by atoms with van der Waals surface area (Å²) in [7, 11) is 0. The molecule has 0 saturated carbocycles. The summed E-state index contributed by atoms with van der Waals surface area (Å²) in [4.78, 5) is 10.8. The molecule has 0 unspecified atom stereocenters. The molecule has 1 rings (SSSR count). The van der Waals surface area contributed by atoms with Crippen LogP contribution in [0.4, 0.5) is 4.79 Å². The molecule has 88 valence electrons. The number of hydrogen-bond donors (Lipinski definition) is 1. The number of aryl methyl sites for hydroxylation is 2. The number of amides is 1. The molecule has 0 atom stereocenters. The summed E-state index contributed by atoms with van der Waals surface area (Å²) in [5, 5.41) is 0. The predicted octanol–water partition coefficient (Wildman–Crippen LogP) is 3.06. The third-order valence-corrected chi connectivity index (χ3v) is 2.53. The normalized spacial score (nSPS) is 11.3. The van der Waals surface area contributed by atoms with E-state index in [9.17, 15) is 4.79 Å². The maximum absolute atomic E-state index is 10.8. The lowest BCUT2D eigenvalue weighted by Crippen LogP contribution is -2.18. The third-order valence-electron chi connectivity index (χ3n) is 2.53. The first kappa shape index (κ1) is 12.6. The van der Waals surface area contributed by atoms with E-state index in [1.807, 2.05) is 26.0 Å². The van der Waals surface area contributed by atoms with E-state index >= 15 is 0 Å². The maximum Gasteiger partial charge on any atom is 0.409 e. The van der Waals surface area contributed by atoms with Crippen LogP contribution < -0.4 is 10.5 Å². The van der Waals surface area contributed by atoms with Gasteiger partial charge >= 0.3 is 6.09 Å². The Balaban J connectivity index is 3.23. The van der Waals surface area contributed by atoms with Crippen LogP contribution >= 0.6 is 0 Å². The van der Waals surface area contributed by atoms with Gasteiger partial charge in [0.2, 0.25) is 0 Å². The minimum Gasteiger partial charge on any atom is -0.410 e. The number of hydrogen-bond acceptors (Lipinski definition) is 2. The number of benzene rings is 1. The quantitative estimate of drug-likeness (QED) is 0.792. The first-order valence-corrected chi connectivity index (χ1v) is 5.31. The highest BCUT2D eigenvalue weighted by atomic mass is 16.5. The average molecular weight is 221 g/mol. The lowest BCUT2D eigenvalue weighted by Gasteiger charge is -2.21. The van der Waals surface area contributed by atoms with Crippen molar-refractivity contribution in [2.45, 2.75) is 40.0 Å². The summed E-state index contributed by atoms with van der Waals surface area (Å²) >= 11 is 0. The molecule has 0 aliphatic carbocycles. The highest BCUT2D eigenvalue weighted by molar-refractivity contribution is 5.69. The van der Waals surface area contributed by atoms with E-state index in [1.54, 1.807) is 0 Å². The lowest BCUT2D eigenvalue weighted by molar-refractivity contribution is 0.210. The van der Waals surface area contributed by atoms with Gasteiger partial charge in [-0.25, -0.2) is 4.79 Å². The number of ether oxygens (including phenoxy) is 1. The Labute approximate surface area is 96.6 Å². The zero-order valence-corrected chi connectivity index (χ0v) is 10.5. The highest BCUT2D eigenvalue weighted by Gasteiger charge is 2.17. The molecule has 3 nitrogen and oxygen atoms in total. The second-order valence-electron chi connectivity index (χ2n) is 5.11. The molecule has 0 aromatic heterocycles. The van der Waals surface area contributed by atoms with Gasteiger partial charge < -0.3 is 10.5 Å². The fraction of sp³-hybridized carbons (Fsp3) is 0.462. The van der Waals surface area contributed by atoms with Gasteiger partial charge in [0.1, 0.15) is 5.75 Å². The monoisotopic (exact) mass is 221 g/mol. The molecule has 0 aliphatic rings. The SMILES string of the molecule is Cc1cc(C(C)(C)C)cc(C)c1OC(N)=O. The van der Waals surface area contributed by atoms with Crippen molar-refractivity contribution in [2.24, 2.45) is 5.73 Å². The van der Waals surface area contributed by atoms with Crippen LogP contribution in [0.5, 0.6) is 5.75 Å². The molecular formula is C13H19NO2. The van der Waals surface area contributed by atoms with Crippen LogP contribution in [0.25, 0.3) is 0 Å². The molecule has 1 aromatic rings. The highest BCUT2D eigenvalue weighted by Crippen LogP contribution is 2.30. The van der Waals surface area contributed by atoms with Crippen molar-refractivity contribution in [3.8, 4) is 5.75 Å². The van der Waals surface area contributed by atoms with Crippen molar-refractivity contribution in [3.05, 3.63) is 28.8 Å². The summed E-state index contributed by atoms with van der Waals surface area (Å²) in [5.41, 5.74) is 8.20. The first-order valence-electron chi connectivity index (χ1n) is 5.31. The van der Waals surface area contributed by atoms with Crippen molar-refractivity contribution in [1.29, 1.82) is 0 Å². The summed E-state index contributed by atoms with van der Waals surface area (Å²) in [5.74, 6) is 0.570. The van der Waals surface area contributed by atoms with E-state index in [1.165, 1.54) is 5.56 Å². The Morgan fingerprint density at radius 3 is 1.94 bits per heavy atom. The average Bonchev–Trinajstić information content (AvgIpc) is 2.09. The largest absolute Gasteiger partial charge is 0.410 e. The van der Waals surface area contributed by atoms with Crippen molar-refractivity contribution in [3.63, 3.8) is 0 Å². The maximum atomic E-state index is 10.8. The lowest BCUT2D eigenvalue weighted by atomic mass is 9.85. The van der Waals surface area contributed by atoms with Gasteiger partial charge in [-0.2, -0.15) is 0 Å². The van der Waals surface area contributed by atoms with Crippen LogP contribution in [0, 0.1) is 13.8 Å². The number of rotatable bonds is 1. The van der Waals surface area contributed by atoms with Gasteiger partial charge in [-0.15, -0.1) is 0 Å². The van der Waals surface area contributed by atoms with Crippen molar-refractivity contribution < 1.29 is 9.53 Å². The molecule has 0 radical (unpaired) electrons. The molecule has 0 spiro atoms. The van der Waals surface area contributed by atoms with Crippen LogP contribution in [0.2, 0.25) is 0 Å².